The molecule has 188 valence electrons. The van der Waals surface area contributed by atoms with Gasteiger partial charge < -0.3 is 20.5 Å². The molecular weight excluding hydrogens is 510 g/mol. The zero-order chi connectivity index (χ0) is 26.2. The third-order valence-electron chi connectivity index (χ3n) is 4.99. The zero-order valence-electron chi connectivity index (χ0n) is 19.7. The van der Waals surface area contributed by atoms with Crippen molar-refractivity contribution in [2.24, 2.45) is 0 Å². The van der Waals surface area contributed by atoms with Crippen LogP contribution < -0.4 is 15.4 Å². The van der Waals surface area contributed by atoms with Crippen LogP contribution in [0.2, 0.25) is 0 Å². The molecule has 10 heteroatoms. The van der Waals surface area contributed by atoms with E-state index in [0.717, 1.165) is 38.6 Å². The first-order valence-corrected chi connectivity index (χ1v) is 13.0. The van der Waals surface area contributed by atoms with E-state index >= 15 is 0 Å². The highest BCUT2D eigenvalue weighted by molar-refractivity contribution is 8.00. The van der Waals surface area contributed by atoms with Crippen LogP contribution in [0, 0.1) is 0 Å². The third kappa shape index (κ3) is 7.18. The highest BCUT2D eigenvalue weighted by atomic mass is 32.2. The summed E-state index contributed by atoms with van der Waals surface area (Å²) in [6, 6.07) is 22.0. The molecule has 0 aliphatic rings. The normalized spacial score (nSPS) is 11.8. The number of thiazole rings is 1. The number of carbonyl (C=O) groups excluding carboxylic acids is 2. The van der Waals surface area contributed by atoms with Gasteiger partial charge >= 0.3 is 5.97 Å². The largest absolute Gasteiger partial charge is 0.494 e. The van der Waals surface area contributed by atoms with Gasteiger partial charge in [-0.05, 0) is 55.0 Å². The van der Waals surface area contributed by atoms with Gasteiger partial charge in [0.1, 0.15) is 11.0 Å². The number of anilines is 2. The molecule has 4 rings (SSSR count). The van der Waals surface area contributed by atoms with E-state index in [1.54, 1.807) is 24.3 Å². The van der Waals surface area contributed by atoms with Crippen molar-refractivity contribution in [2.75, 3.05) is 17.2 Å². The Labute approximate surface area is 221 Å². The Bertz CT molecular complexity index is 1440. The van der Waals surface area contributed by atoms with E-state index in [9.17, 15) is 14.4 Å². The van der Waals surface area contributed by atoms with Gasteiger partial charge in [0.05, 0.1) is 16.8 Å². The van der Waals surface area contributed by atoms with E-state index in [1.807, 2.05) is 55.5 Å². The molecule has 0 saturated carbocycles. The zero-order valence-corrected chi connectivity index (χ0v) is 21.3. The van der Waals surface area contributed by atoms with Gasteiger partial charge in [0, 0.05) is 22.7 Å². The second-order valence-corrected chi connectivity index (χ2v) is 9.87. The fourth-order valence-electron chi connectivity index (χ4n) is 3.37. The summed E-state index contributed by atoms with van der Waals surface area (Å²) in [6.45, 7) is 2.49. The number of aliphatic carboxylic acids is 1. The molecule has 1 atom stereocenters. The average molecular weight is 534 g/mol. The van der Waals surface area contributed by atoms with Gasteiger partial charge in [0.25, 0.3) is 0 Å². The topological polar surface area (TPSA) is 118 Å². The summed E-state index contributed by atoms with van der Waals surface area (Å²) in [5, 5.41) is 14.1. The van der Waals surface area contributed by atoms with Crippen molar-refractivity contribution < 1.29 is 24.2 Å². The molecular formula is C27H23N3O5S2. The number of hydrogen-bond donors (Lipinski definition) is 3. The lowest BCUT2D eigenvalue weighted by atomic mass is 10.1. The third-order valence-corrected chi connectivity index (χ3v) is 7.19. The van der Waals surface area contributed by atoms with Gasteiger partial charge in [-0.15, -0.1) is 11.8 Å². The van der Waals surface area contributed by atoms with Crippen LogP contribution in [-0.2, 0) is 14.4 Å². The predicted octanol–water partition coefficient (Wildman–Crippen LogP) is 5.75. The molecule has 0 aliphatic carbocycles. The molecule has 2 amide bonds. The quantitative estimate of drug-likeness (QED) is 0.176. The van der Waals surface area contributed by atoms with Crippen molar-refractivity contribution in [3.8, 4) is 5.75 Å². The smallest absolute Gasteiger partial charge is 0.328 e. The van der Waals surface area contributed by atoms with Crippen LogP contribution in [0.5, 0.6) is 5.75 Å². The first-order chi connectivity index (χ1) is 17.9. The molecule has 1 aromatic heterocycles. The number of carbonyl (C=O) groups is 3. The number of ether oxygens (including phenoxy) is 1. The number of thioether (sulfide) groups is 1. The van der Waals surface area contributed by atoms with E-state index in [4.69, 9.17) is 9.84 Å². The molecule has 0 saturated heterocycles. The van der Waals surface area contributed by atoms with E-state index in [-0.39, 0.29) is 5.91 Å². The number of carboxylic acid groups (broad SMARTS) is 1. The number of carboxylic acids is 1. The van der Waals surface area contributed by atoms with Crippen LogP contribution in [0.25, 0.3) is 10.2 Å². The summed E-state index contributed by atoms with van der Waals surface area (Å²) in [4.78, 5) is 41.1. The Hall–Kier alpha value is -4.15. The molecule has 4 aromatic rings. The van der Waals surface area contributed by atoms with E-state index in [2.05, 4.69) is 15.6 Å². The van der Waals surface area contributed by atoms with Crippen molar-refractivity contribution in [3.63, 3.8) is 0 Å². The predicted molar refractivity (Wildman–Crippen MR) is 146 cm³/mol. The van der Waals surface area contributed by atoms with Gasteiger partial charge in [0.15, 0.2) is 5.13 Å². The Morgan fingerprint density at radius 3 is 2.49 bits per heavy atom. The lowest BCUT2D eigenvalue weighted by Crippen LogP contribution is -2.18. The highest BCUT2D eigenvalue weighted by Crippen LogP contribution is 2.37. The summed E-state index contributed by atoms with van der Waals surface area (Å²) in [6.07, 6.45) is 1.71. The van der Waals surface area contributed by atoms with Gasteiger partial charge in [-0.2, -0.15) is 0 Å². The molecule has 37 heavy (non-hydrogen) atoms. The average Bonchev–Trinajstić information content (AvgIpc) is 3.29. The second kappa shape index (κ2) is 12.2. The lowest BCUT2D eigenvalue weighted by molar-refractivity contribution is -0.131. The molecule has 3 aromatic carbocycles. The highest BCUT2D eigenvalue weighted by Gasteiger charge is 2.23. The summed E-state index contributed by atoms with van der Waals surface area (Å²) in [5.41, 5.74) is 2.12. The minimum Gasteiger partial charge on any atom is -0.494 e. The molecule has 0 radical (unpaired) electrons. The van der Waals surface area contributed by atoms with Gasteiger partial charge in [-0.25, -0.2) is 9.78 Å². The summed E-state index contributed by atoms with van der Waals surface area (Å²) in [5.74, 6) is -1.20. The molecule has 0 fully saturated rings. The van der Waals surface area contributed by atoms with Gasteiger partial charge in [-0.1, -0.05) is 41.7 Å². The molecule has 1 heterocycles. The Morgan fingerprint density at radius 1 is 1.03 bits per heavy atom. The molecule has 8 nitrogen and oxygen atoms in total. The maximum Gasteiger partial charge on any atom is 0.328 e. The van der Waals surface area contributed by atoms with E-state index in [0.29, 0.717) is 17.4 Å². The summed E-state index contributed by atoms with van der Waals surface area (Å²) >= 11 is 2.75. The molecule has 0 bridgehead atoms. The van der Waals surface area contributed by atoms with Crippen LogP contribution in [0.15, 0.2) is 89.8 Å². The first kappa shape index (κ1) is 25.9. The number of aromatic nitrogens is 1. The molecule has 1 unspecified atom stereocenters. The van der Waals surface area contributed by atoms with Crippen LogP contribution in [0.3, 0.4) is 0 Å². The standard InChI is InChI=1S/C27H23N3O5S2/c1-2-35-19-10-13-21-22(16-19)37-27(29-21)30-26(34)25(17-6-4-3-5-7-17)36-20-11-8-18(9-12-20)28-23(31)14-15-24(32)33/h3-16,25H,2H2,1H3,(H,28,31)(H,32,33)(H,29,30,34)/b15-14+. The SMILES string of the molecule is CCOc1ccc2nc(NC(=O)C(Sc3ccc(NC(=O)/C=C/C(=O)O)cc3)c3ccccc3)sc2c1. The maximum atomic E-state index is 13.4. The summed E-state index contributed by atoms with van der Waals surface area (Å²) < 4.78 is 6.47. The van der Waals surface area contributed by atoms with Crippen molar-refractivity contribution in [2.45, 2.75) is 17.1 Å². The second-order valence-electron chi connectivity index (χ2n) is 7.66. The minimum absolute atomic E-state index is 0.212. The Kier molecular flexibility index (Phi) is 8.55. The number of rotatable bonds is 10. The molecule has 0 aliphatic heterocycles. The minimum atomic E-state index is -1.20. The van der Waals surface area contributed by atoms with Crippen molar-refractivity contribution in [1.82, 2.24) is 4.98 Å². The van der Waals surface area contributed by atoms with Crippen LogP contribution in [-0.4, -0.2) is 34.5 Å². The number of benzene rings is 3. The van der Waals surface area contributed by atoms with Gasteiger partial charge in [0.2, 0.25) is 11.8 Å². The Balaban J connectivity index is 1.50. The van der Waals surface area contributed by atoms with Crippen LogP contribution in [0.4, 0.5) is 10.8 Å². The van der Waals surface area contributed by atoms with E-state index in [1.165, 1.54) is 23.1 Å². The van der Waals surface area contributed by atoms with Crippen molar-refractivity contribution >= 4 is 61.9 Å². The lowest BCUT2D eigenvalue weighted by Gasteiger charge is -2.16. The number of nitrogens with zero attached hydrogens (tertiary/aromatic N) is 1. The number of hydrogen-bond acceptors (Lipinski definition) is 7. The number of fused-ring (bicyclic) bond motifs is 1. The number of amides is 2. The maximum absolute atomic E-state index is 13.4. The fraction of sp³-hybridized carbons (Fsp3) is 0.111. The summed E-state index contributed by atoms with van der Waals surface area (Å²) in [7, 11) is 0. The van der Waals surface area contributed by atoms with Crippen LogP contribution >= 0.6 is 23.1 Å². The van der Waals surface area contributed by atoms with Gasteiger partial charge in [-0.3, -0.25) is 9.59 Å². The first-order valence-electron chi connectivity index (χ1n) is 11.3. The van der Waals surface area contributed by atoms with Crippen molar-refractivity contribution in [1.29, 1.82) is 0 Å². The van der Waals surface area contributed by atoms with Crippen LogP contribution in [0.1, 0.15) is 17.7 Å². The fourth-order valence-corrected chi connectivity index (χ4v) is 5.29. The van der Waals surface area contributed by atoms with Crippen molar-refractivity contribution in [3.05, 3.63) is 90.5 Å². The monoisotopic (exact) mass is 533 g/mol. The Morgan fingerprint density at radius 2 is 1.78 bits per heavy atom. The van der Waals surface area contributed by atoms with E-state index < -0.39 is 17.1 Å². The number of nitrogens with one attached hydrogen (secondary N) is 2. The molecule has 3 N–H and O–H groups in total. The molecule has 0 spiro atoms.